The smallest absolute Gasteiger partial charge is 0.235 e. The van der Waals surface area contributed by atoms with Gasteiger partial charge in [-0.15, -0.1) is 0 Å². The van der Waals surface area contributed by atoms with E-state index in [0.717, 1.165) is 5.56 Å². The Balaban J connectivity index is 1.65. The van der Waals surface area contributed by atoms with Crippen LogP contribution in [0.15, 0.2) is 82.2 Å². The number of benzene rings is 3. The zero-order valence-electron chi connectivity index (χ0n) is 18.1. The first kappa shape index (κ1) is 21.5. The summed E-state index contributed by atoms with van der Waals surface area (Å²) in [5.41, 5.74) is 1.74. The van der Waals surface area contributed by atoms with Gasteiger partial charge in [-0.3, -0.25) is 9.69 Å². The molecule has 4 rings (SSSR count). The van der Waals surface area contributed by atoms with Gasteiger partial charge in [0.25, 0.3) is 0 Å². The van der Waals surface area contributed by atoms with Crippen molar-refractivity contribution >= 4 is 11.0 Å². The highest BCUT2D eigenvalue weighted by atomic mass is 16.5. The summed E-state index contributed by atoms with van der Waals surface area (Å²) in [5, 5.41) is 10.8. The molecule has 0 radical (unpaired) electrons. The number of hydrogen-bond acceptors (Lipinski definition) is 6. The monoisotopic (exact) mass is 431 g/mol. The van der Waals surface area contributed by atoms with Gasteiger partial charge in [0.2, 0.25) is 11.2 Å². The maximum atomic E-state index is 13.1. The molecule has 0 unspecified atom stereocenters. The normalized spacial score (nSPS) is 11.1. The van der Waals surface area contributed by atoms with Gasteiger partial charge >= 0.3 is 0 Å². The van der Waals surface area contributed by atoms with Gasteiger partial charge in [0, 0.05) is 13.1 Å². The fraction of sp³-hybridized carbons (Fsp3) is 0.192. The first-order valence-corrected chi connectivity index (χ1v) is 10.4. The first-order chi connectivity index (χ1) is 15.6. The molecule has 0 saturated carbocycles. The molecule has 0 aliphatic rings. The SMILES string of the molecule is CCOc1ccccc1Oc1coc2c(CN(C)Cc3ccccc3)c(O)ccc2c1=O. The van der Waals surface area contributed by atoms with Crippen LogP contribution in [-0.2, 0) is 13.1 Å². The summed E-state index contributed by atoms with van der Waals surface area (Å²) >= 11 is 0. The largest absolute Gasteiger partial charge is 0.507 e. The molecule has 6 heteroatoms. The lowest BCUT2D eigenvalue weighted by Crippen LogP contribution is -2.18. The Morgan fingerprint density at radius 2 is 1.62 bits per heavy atom. The third-order valence-corrected chi connectivity index (χ3v) is 5.08. The van der Waals surface area contributed by atoms with Gasteiger partial charge in [0.15, 0.2) is 11.5 Å². The summed E-state index contributed by atoms with van der Waals surface area (Å²) < 4.78 is 17.2. The highest BCUT2D eigenvalue weighted by Gasteiger charge is 2.17. The summed E-state index contributed by atoms with van der Waals surface area (Å²) in [4.78, 5) is 15.2. The van der Waals surface area contributed by atoms with E-state index in [1.807, 2.05) is 55.3 Å². The highest BCUT2D eigenvalue weighted by Crippen LogP contribution is 2.32. The van der Waals surface area contributed by atoms with Crippen LogP contribution in [0.2, 0.25) is 0 Å². The van der Waals surface area contributed by atoms with Crippen LogP contribution in [0.3, 0.4) is 0 Å². The number of fused-ring (bicyclic) bond motifs is 1. The van der Waals surface area contributed by atoms with Crippen LogP contribution in [-0.4, -0.2) is 23.7 Å². The van der Waals surface area contributed by atoms with Gasteiger partial charge in [-0.25, -0.2) is 0 Å². The molecule has 0 amide bonds. The quantitative estimate of drug-likeness (QED) is 0.407. The fourth-order valence-electron chi connectivity index (χ4n) is 3.60. The molecule has 0 bridgehead atoms. The minimum atomic E-state index is -0.315. The summed E-state index contributed by atoms with van der Waals surface area (Å²) in [6, 6.07) is 20.3. The van der Waals surface area contributed by atoms with E-state index in [-0.39, 0.29) is 16.9 Å². The molecule has 1 N–H and O–H groups in total. The van der Waals surface area contributed by atoms with Crippen LogP contribution in [0.4, 0.5) is 0 Å². The molecule has 3 aromatic carbocycles. The Morgan fingerprint density at radius 3 is 2.38 bits per heavy atom. The van der Waals surface area contributed by atoms with E-state index in [1.165, 1.54) is 12.3 Å². The predicted molar refractivity (Wildman–Crippen MR) is 123 cm³/mol. The summed E-state index contributed by atoms with van der Waals surface area (Å²) in [7, 11) is 1.95. The Hall–Kier alpha value is -3.77. The lowest BCUT2D eigenvalue weighted by Gasteiger charge is -2.18. The number of aromatic hydroxyl groups is 1. The van der Waals surface area contributed by atoms with Crippen LogP contribution in [0, 0.1) is 0 Å². The van der Waals surface area contributed by atoms with Crippen LogP contribution >= 0.6 is 0 Å². The van der Waals surface area contributed by atoms with Crippen molar-refractivity contribution in [1.29, 1.82) is 0 Å². The lowest BCUT2D eigenvalue weighted by molar-refractivity contribution is 0.311. The lowest BCUT2D eigenvalue weighted by atomic mass is 10.1. The summed E-state index contributed by atoms with van der Waals surface area (Å²) in [5.74, 6) is 1.11. The molecule has 6 nitrogen and oxygen atoms in total. The van der Waals surface area contributed by atoms with Crippen LogP contribution in [0.1, 0.15) is 18.1 Å². The molecular formula is C26H25NO5. The Kier molecular flexibility index (Phi) is 6.42. The van der Waals surface area contributed by atoms with Crippen molar-refractivity contribution in [2.75, 3.05) is 13.7 Å². The van der Waals surface area contributed by atoms with Gasteiger partial charge in [-0.2, -0.15) is 0 Å². The van der Waals surface area contributed by atoms with Crippen LogP contribution < -0.4 is 14.9 Å². The van der Waals surface area contributed by atoms with Crippen molar-refractivity contribution in [1.82, 2.24) is 4.90 Å². The third kappa shape index (κ3) is 4.60. The van der Waals surface area contributed by atoms with Crippen molar-refractivity contribution in [3.63, 3.8) is 0 Å². The molecule has 4 aromatic rings. The van der Waals surface area contributed by atoms with Gasteiger partial charge in [-0.05, 0) is 43.8 Å². The third-order valence-electron chi connectivity index (χ3n) is 5.08. The average molecular weight is 431 g/mol. The number of rotatable bonds is 8. The molecule has 0 saturated heterocycles. The average Bonchev–Trinajstić information content (AvgIpc) is 2.79. The first-order valence-electron chi connectivity index (χ1n) is 10.4. The zero-order valence-corrected chi connectivity index (χ0v) is 18.1. The predicted octanol–water partition coefficient (Wildman–Crippen LogP) is 5.32. The molecule has 0 aliphatic heterocycles. The van der Waals surface area contributed by atoms with E-state index in [0.29, 0.717) is 47.7 Å². The van der Waals surface area contributed by atoms with Crippen molar-refractivity contribution in [2.45, 2.75) is 20.0 Å². The molecule has 0 atom stereocenters. The van der Waals surface area contributed by atoms with Gasteiger partial charge < -0.3 is 19.0 Å². The maximum Gasteiger partial charge on any atom is 0.235 e. The molecular weight excluding hydrogens is 406 g/mol. The van der Waals surface area contributed by atoms with E-state index < -0.39 is 0 Å². The summed E-state index contributed by atoms with van der Waals surface area (Å²) in [6.45, 7) is 3.46. The molecule has 1 heterocycles. The molecule has 0 spiro atoms. The maximum absolute atomic E-state index is 13.1. The molecule has 32 heavy (non-hydrogen) atoms. The zero-order chi connectivity index (χ0) is 22.5. The number of phenols is 1. The number of ether oxygens (including phenoxy) is 2. The van der Waals surface area contributed by atoms with E-state index in [9.17, 15) is 9.90 Å². The van der Waals surface area contributed by atoms with Gasteiger partial charge in [0.1, 0.15) is 17.6 Å². The summed E-state index contributed by atoms with van der Waals surface area (Å²) in [6.07, 6.45) is 1.29. The minimum absolute atomic E-state index is 0.0546. The minimum Gasteiger partial charge on any atom is -0.507 e. The van der Waals surface area contributed by atoms with Crippen molar-refractivity contribution < 1.29 is 19.0 Å². The van der Waals surface area contributed by atoms with Gasteiger partial charge in [0.05, 0.1) is 17.6 Å². The second-order valence-corrected chi connectivity index (χ2v) is 7.51. The topological polar surface area (TPSA) is 72.1 Å². The Labute approximate surface area is 186 Å². The second-order valence-electron chi connectivity index (χ2n) is 7.51. The molecule has 0 aliphatic carbocycles. The van der Waals surface area contributed by atoms with E-state index in [4.69, 9.17) is 13.9 Å². The second kappa shape index (κ2) is 9.58. The van der Waals surface area contributed by atoms with Gasteiger partial charge in [-0.1, -0.05) is 42.5 Å². The molecule has 0 fully saturated rings. The number of nitrogens with zero attached hydrogens (tertiary/aromatic N) is 1. The number of hydrogen-bond donors (Lipinski definition) is 1. The van der Waals surface area contributed by atoms with Crippen LogP contribution in [0.5, 0.6) is 23.0 Å². The number of para-hydroxylation sites is 2. The fourth-order valence-corrected chi connectivity index (χ4v) is 3.60. The Morgan fingerprint density at radius 1 is 0.906 bits per heavy atom. The molecule has 164 valence electrons. The van der Waals surface area contributed by atoms with E-state index >= 15 is 0 Å². The number of phenolic OH excluding ortho intramolecular Hbond substituents is 1. The Bertz CT molecular complexity index is 1270. The molecule has 1 aromatic heterocycles. The van der Waals surface area contributed by atoms with Crippen molar-refractivity contribution in [2.24, 2.45) is 0 Å². The highest BCUT2D eigenvalue weighted by molar-refractivity contribution is 5.83. The van der Waals surface area contributed by atoms with Crippen molar-refractivity contribution in [3.05, 3.63) is 94.3 Å². The van der Waals surface area contributed by atoms with Crippen molar-refractivity contribution in [3.8, 4) is 23.0 Å². The van der Waals surface area contributed by atoms with E-state index in [1.54, 1.807) is 24.3 Å². The van der Waals surface area contributed by atoms with Crippen LogP contribution in [0.25, 0.3) is 11.0 Å². The standard InChI is InChI=1S/C26H25NO5/c1-3-30-22-11-7-8-12-23(22)32-24-17-31-26-19(25(24)29)13-14-21(28)20(26)16-27(2)15-18-9-5-4-6-10-18/h4-14,17,28H,3,15-16H2,1-2H3. The van der Waals surface area contributed by atoms with E-state index in [2.05, 4.69) is 0 Å².